The van der Waals surface area contributed by atoms with Crippen molar-refractivity contribution >= 4 is 5.57 Å². The number of phenols is 1. The molecule has 1 heterocycles. The smallest absolute Gasteiger partial charge is 0.161 e. The van der Waals surface area contributed by atoms with Crippen LogP contribution in [-0.4, -0.2) is 24.8 Å². The Hall–Kier alpha value is -1.48. The Kier molecular flexibility index (Phi) is 3.47. The highest BCUT2D eigenvalue weighted by atomic mass is 16.5. The molecule has 0 amide bonds. The summed E-state index contributed by atoms with van der Waals surface area (Å²) in [5.74, 6) is 0.777. The van der Waals surface area contributed by atoms with Crippen LogP contribution in [0.1, 0.15) is 18.9 Å². The molecule has 2 N–H and O–H groups in total. The SMILES string of the molecule is CCOc1cc(C2=CCNCC2)ccc1O. The van der Waals surface area contributed by atoms with Crippen molar-refractivity contribution in [2.75, 3.05) is 19.7 Å². The van der Waals surface area contributed by atoms with Gasteiger partial charge in [0.2, 0.25) is 0 Å². The lowest BCUT2D eigenvalue weighted by Gasteiger charge is -2.15. The molecule has 1 aliphatic rings. The monoisotopic (exact) mass is 219 g/mol. The maximum Gasteiger partial charge on any atom is 0.161 e. The molecule has 3 heteroatoms. The van der Waals surface area contributed by atoms with Crippen molar-refractivity contribution in [1.82, 2.24) is 5.32 Å². The Bertz CT molecular complexity index is 399. The zero-order valence-electron chi connectivity index (χ0n) is 9.49. The van der Waals surface area contributed by atoms with E-state index in [9.17, 15) is 5.11 Å². The molecule has 0 aliphatic carbocycles. The van der Waals surface area contributed by atoms with Crippen molar-refractivity contribution in [2.45, 2.75) is 13.3 Å². The van der Waals surface area contributed by atoms with E-state index in [1.54, 1.807) is 6.07 Å². The Morgan fingerprint density at radius 3 is 3.00 bits per heavy atom. The van der Waals surface area contributed by atoms with Gasteiger partial charge in [0, 0.05) is 6.54 Å². The summed E-state index contributed by atoms with van der Waals surface area (Å²) in [6.07, 6.45) is 3.21. The van der Waals surface area contributed by atoms with Crippen LogP contribution >= 0.6 is 0 Å². The third-order valence-corrected chi connectivity index (χ3v) is 2.69. The summed E-state index contributed by atoms with van der Waals surface area (Å²) in [6.45, 7) is 4.41. The predicted octanol–water partition coefficient (Wildman–Crippen LogP) is 2.17. The molecule has 0 spiro atoms. The molecule has 0 saturated carbocycles. The standard InChI is InChI=1S/C13H17NO2/c1-2-16-13-9-11(3-4-12(13)15)10-5-7-14-8-6-10/h3-5,9,14-15H,2,6-8H2,1H3. The van der Waals surface area contributed by atoms with Gasteiger partial charge in [0.05, 0.1) is 6.61 Å². The van der Waals surface area contributed by atoms with Crippen LogP contribution in [0, 0.1) is 0 Å². The topological polar surface area (TPSA) is 41.5 Å². The second-order valence-corrected chi connectivity index (χ2v) is 3.80. The second kappa shape index (κ2) is 5.03. The van der Waals surface area contributed by atoms with Crippen molar-refractivity contribution in [2.24, 2.45) is 0 Å². The lowest BCUT2D eigenvalue weighted by atomic mass is 10.00. The zero-order chi connectivity index (χ0) is 11.4. The van der Waals surface area contributed by atoms with Crippen molar-refractivity contribution in [3.05, 3.63) is 29.8 Å². The fourth-order valence-corrected chi connectivity index (χ4v) is 1.87. The molecule has 1 aromatic carbocycles. The highest BCUT2D eigenvalue weighted by molar-refractivity contribution is 5.68. The Balaban J connectivity index is 2.27. The van der Waals surface area contributed by atoms with Crippen molar-refractivity contribution in [3.8, 4) is 11.5 Å². The van der Waals surface area contributed by atoms with E-state index >= 15 is 0 Å². The highest BCUT2D eigenvalue weighted by Crippen LogP contribution is 2.31. The van der Waals surface area contributed by atoms with Gasteiger partial charge in [0.1, 0.15) is 0 Å². The molecule has 0 unspecified atom stereocenters. The largest absolute Gasteiger partial charge is 0.504 e. The minimum absolute atomic E-state index is 0.208. The van der Waals surface area contributed by atoms with E-state index in [-0.39, 0.29) is 5.75 Å². The first-order valence-corrected chi connectivity index (χ1v) is 5.67. The first-order valence-electron chi connectivity index (χ1n) is 5.67. The number of nitrogens with one attached hydrogen (secondary N) is 1. The summed E-state index contributed by atoms with van der Waals surface area (Å²) in [4.78, 5) is 0. The number of hydrogen-bond acceptors (Lipinski definition) is 3. The molecular weight excluding hydrogens is 202 g/mol. The fraction of sp³-hybridized carbons (Fsp3) is 0.385. The highest BCUT2D eigenvalue weighted by Gasteiger charge is 2.09. The third-order valence-electron chi connectivity index (χ3n) is 2.69. The first kappa shape index (κ1) is 11.0. The van der Waals surface area contributed by atoms with Gasteiger partial charge in [-0.25, -0.2) is 0 Å². The van der Waals surface area contributed by atoms with Crippen molar-refractivity contribution in [1.29, 1.82) is 0 Å². The summed E-state index contributed by atoms with van der Waals surface area (Å²) in [6, 6.07) is 5.55. The summed E-state index contributed by atoms with van der Waals surface area (Å²) in [5, 5.41) is 12.9. The van der Waals surface area contributed by atoms with Crippen LogP contribution in [0.15, 0.2) is 24.3 Å². The molecular formula is C13H17NO2. The molecule has 0 fully saturated rings. The van der Waals surface area contributed by atoms with Gasteiger partial charge >= 0.3 is 0 Å². The van der Waals surface area contributed by atoms with Gasteiger partial charge in [-0.3, -0.25) is 0 Å². The van der Waals surface area contributed by atoms with E-state index < -0.39 is 0 Å². The van der Waals surface area contributed by atoms with Crippen LogP contribution in [0.5, 0.6) is 11.5 Å². The second-order valence-electron chi connectivity index (χ2n) is 3.80. The average molecular weight is 219 g/mol. The molecule has 0 saturated heterocycles. The van der Waals surface area contributed by atoms with E-state index in [4.69, 9.17) is 4.74 Å². The van der Waals surface area contributed by atoms with E-state index in [0.29, 0.717) is 12.4 Å². The number of hydrogen-bond donors (Lipinski definition) is 2. The van der Waals surface area contributed by atoms with E-state index in [2.05, 4.69) is 11.4 Å². The van der Waals surface area contributed by atoms with Gasteiger partial charge in [-0.2, -0.15) is 0 Å². The van der Waals surface area contributed by atoms with Gasteiger partial charge in [0.15, 0.2) is 11.5 Å². The predicted molar refractivity (Wildman–Crippen MR) is 64.7 cm³/mol. The van der Waals surface area contributed by atoms with Gasteiger partial charge in [-0.15, -0.1) is 0 Å². The van der Waals surface area contributed by atoms with E-state index in [1.807, 2.05) is 19.1 Å². The molecule has 0 aromatic heterocycles. The molecule has 2 rings (SSSR count). The number of aromatic hydroxyl groups is 1. The lowest BCUT2D eigenvalue weighted by molar-refractivity contribution is 0.318. The van der Waals surface area contributed by atoms with Crippen molar-refractivity contribution < 1.29 is 9.84 Å². The summed E-state index contributed by atoms with van der Waals surface area (Å²) in [5.41, 5.74) is 2.46. The Morgan fingerprint density at radius 2 is 2.31 bits per heavy atom. The first-order chi connectivity index (χ1) is 7.81. The molecule has 0 atom stereocenters. The number of benzene rings is 1. The molecule has 16 heavy (non-hydrogen) atoms. The summed E-state index contributed by atoms with van der Waals surface area (Å²) in [7, 11) is 0. The van der Waals surface area contributed by atoms with Crippen molar-refractivity contribution in [3.63, 3.8) is 0 Å². The lowest BCUT2D eigenvalue weighted by Crippen LogP contribution is -2.20. The van der Waals surface area contributed by atoms with Crippen LogP contribution in [0.3, 0.4) is 0 Å². The fourth-order valence-electron chi connectivity index (χ4n) is 1.87. The van der Waals surface area contributed by atoms with Gasteiger partial charge < -0.3 is 15.2 Å². The summed E-state index contributed by atoms with van der Waals surface area (Å²) >= 11 is 0. The number of rotatable bonds is 3. The maximum absolute atomic E-state index is 9.61. The molecule has 1 aromatic rings. The van der Waals surface area contributed by atoms with E-state index in [0.717, 1.165) is 25.1 Å². The number of ether oxygens (including phenoxy) is 1. The van der Waals surface area contributed by atoms with Crippen LogP contribution < -0.4 is 10.1 Å². The Labute approximate surface area is 95.7 Å². The van der Waals surface area contributed by atoms with Crippen LogP contribution in [0.2, 0.25) is 0 Å². The molecule has 3 nitrogen and oxygen atoms in total. The molecule has 1 aliphatic heterocycles. The van der Waals surface area contributed by atoms with Gasteiger partial charge in [-0.05, 0) is 43.2 Å². The quantitative estimate of drug-likeness (QED) is 0.818. The normalized spacial score (nSPS) is 15.7. The maximum atomic E-state index is 9.61. The van der Waals surface area contributed by atoms with Crippen LogP contribution in [0.25, 0.3) is 5.57 Å². The molecule has 86 valence electrons. The molecule has 0 radical (unpaired) electrons. The zero-order valence-corrected chi connectivity index (χ0v) is 9.49. The minimum atomic E-state index is 0.208. The number of phenolic OH excluding ortho intramolecular Hbond substituents is 1. The third kappa shape index (κ3) is 2.36. The average Bonchev–Trinajstić information content (AvgIpc) is 2.33. The summed E-state index contributed by atoms with van der Waals surface area (Å²) < 4.78 is 5.38. The van der Waals surface area contributed by atoms with Crippen LogP contribution in [-0.2, 0) is 0 Å². The Morgan fingerprint density at radius 1 is 1.44 bits per heavy atom. The van der Waals surface area contributed by atoms with Crippen LogP contribution in [0.4, 0.5) is 0 Å². The van der Waals surface area contributed by atoms with E-state index in [1.165, 1.54) is 5.57 Å². The van der Waals surface area contributed by atoms with Gasteiger partial charge in [-0.1, -0.05) is 12.1 Å². The molecule has 0 bridgehead atoms. The minimum Gasteiger partial charge on any atom is -0.504 e. The van der Waals surface area contributed by atoms with Gasteiger partial charge in [0.25, 0.3) is 0 Å².